The van der Waals surface area contributed by atoms with Gasteiger partial charge in [-0.15, -0.1) is 0 Å². The highest BCUT2D eigenvalue weighted by Gasteiger charge is 2.20. The van der Waals surface area contributed by atoms with Crippen molar-refractivity contribution in [2.45, 2.75) is 41.0 Å². The summed E-state index contributed by atoms with van der Waals surface area (Å²) in [6.45, 7) is 9.31. The van der Waals surface area contributed by atoms with Gasteiger partial charge >= 0.3 is 0 Å². The van der Waals surface area contributed by atoms with Gasteiger partial charge in [0.2, 0.25) is 5.91 Å². The van der Waals surface area contributed by atoms with Gasteiger partial charge in [0.1, 0.15) is 5.56 Å². The van der Waals surface area contributed by atoms with Crippen LogP contribution in [-0.2, 0) is 4.79 Å². The number of fused-ring (bicyclic) bond motifs is 1. The lowest BCUT2D eigenvalue weighted by Crippen LogP contribution is -2.15. The summed E-state index contributed by atoms with van der Waals surface area (Å²) in [6, 6.07) is 7.34. The summed E-state index contributed by atoms with van der Waals surface area (Å²) in [5.41, 5.74) is 5.54. The summed E-state index contributed by atoms with van der Waals surface area (Å²) in [4.78, 5) is 29.1. The quantitative estimate of drug-likeness (QED) is 0.740. The number of hydrogen-bond acceptors (Lipinski definition) is 4. The van der Waals surface area contributed by atoms with Crippen molar-refractivity contribution in [3.63, 3.8) is 0 Å². The lowest BCUT2D eigenvalue weighted by molar-refractivity contribution is -0.115. The van der Waals surface area contributed by atoms with E-state index in [4.69, 9.17) is 0 Å². The number of anilines is 2. The predicted molar refractivity (Wildman–Crippen MR) is 105 cm³/mol. The van der Waals surface area contributed by atoms with Crippen molar-refractivity contribution >= 4 is 28.8 Å². The molecule has 0 saturated carbocycles. The predicted octanol–water partition coefficient (Wildman–Crippen LogP) is 3.56. The zero-order chi connectivity index (χ0) is 19.7. The largest absolute Gasteiger partial charge is 0.326 e. The van der Waals surface area contributed by atoms with E-state index in [9.17, 15) is 9.59 Å². The van der Waals surface area contributed by atoms with E-state index in [0.717, 1.165) is 17.0 Å². The first-order valence-corrected chi connectivity index (χ1v) is 8.85. The molecule has 0 saturated heterocycles. The molecule has 2 N–H and O–H groups in total. The average Bonchev–Trinajstić information content (AvgIpc) is 2.94. The number of aromatic nitrogens is 3. The summed E-state index contributed by atoms with van der Waals surface area (Å²) in [5.74, 6) is -0.355. The average molecular weight is 365 g/mol. The number of carbonyl (C=O) groups is 2. The molecule has 2 heterocycles. The van der Waals surface area contributed by atoms with Crippen LogP contribution in [0.4, 0.5) is 11.4 Å². The second-order valence-corrected chi connectivity index (χ2v) is 6.62. The third-order valence-electron chi connectivity index (χ3n) is 4.39. The van der Waals surface area contributed by atoms with E-state index in [-0.39, 0.29) is 11.8 Å². The molecular weight excluding hydrogens is 342 g/mol. The molecule has 0 atom stereocenters. The molecule has 0 radical (unpaired) electrons. The van der Waals surface area contributed by atoms with Gasteiger partial charge in [0.05, 0.1) is 5.69 Å². The van der Waals surface area contributed by atoms with Crippen LogP contribution in [0.3, 0.4) is 0 Å². The molecule has 0 aliphatic heterocycles. The fourth-order valence-electron chi connectivity index (χ4n) is 2.96. The fraction of sp³-hybridized carbons (Fsp3) is 0.300. The second-order valence-electron chi connectivity index (χ2n) is 6.62. The summed E-state index contributed by atoms with van der Waals surface area (Å²) in [5, 5.41) is 10.2. The Labute approximate surface area is 157 Å². The number of nitrogens with one attached hydrogen (secondary N) is 2. The van der Waals surface area contributed by atoms with Crippen LogP contribution in [0.25, 0.3) is 5.65 Å². The van der Waals surface area contributed by atoms with Gasteiger partial charge in [0.25, 0.3) is 5.91 Å². The molecule has 140 valence electrons. The number of hydrogen-bond donors (Lipinski definition) is 2. The summed E-state index contributed by atoms with van der Waals surface area (Å²) >= 11 is 0. The Morgan fingerprint density at radius 1 is 1.07 bits per heavy atom. The van der Waals surface area contributed by atoms with Gasteiger partial charge in [-0.1, -0.05) is 13.0 Å². The van der Waals surface area contributed by atoms with Crippen molar-refractivity contribution in [3.8, 4) is 0 Å². The molecule has 27 heavy (non-hydrogen) atoms. The highest BCUT2D eigenvalue weighted by atomic mass is 16.2. The van der Waals surface area contributed by atoms with Gasteiger partial charge < -0.3 is 10.6 Å². The molecule has 2 aromatic heterocycles. The van der Waals surface area contributed by atoms with Crippen molar-refractivity contribution in [1.82, 2.24) is 14.6 Å². The molecule has 7 heteroatoms. The van der Waals surface area contributed by atoms with Gasteiger partial charge in [-0.25, -0.2) is 9.50 Å². The van der Waals surface area contributed by atoms with Crippen LogP contribution < -0.4 is 10.6 Å². The van der Waals surface area contributed by atoms with Crippen molar-refractivity contribution in [2.24, 2.45) is 0 Å². The number of carbonyl (C=O) groups excluding carboxylic acids is 2. The monoisotopic (exact) mass is 365 g/mol. The Bertz CT molecular complexity index is 1050. The molecule has 1 aromatic carbocycles. The molecule has 7 nitrogen and oxygen atoms in total. The van der Waals surface area contributed by atoms with Crippen molar-refractivity contribution < 1.29 is 9.59 Å². The van der Waals surface area contributed by atoms with Crippen LogP contribution in [0.15, 0.2) is 24.3 Å². The van der Waals surface area contributed by atoms with E-state index < -0.39 is 0 Å². The zero-order valence-electron chi connectivity index (χ0n) is 16.2. The molecule has 3 rings (SSSR count). The Morgan fingerprint density at radius 2 is 1.81 bits per heavy atom. The lowest BCUT2D eigenvalue weighted by atomic mass is 10.1. The normalized spacial score (nSPS) is 10.9. The smallest absolute Gasteiger partial charge is 0.261 e. The number of amides is 2. The van der Waals surface area contributed by atoms with Gasteiger partial charge in [-0.2, -0.15) is 5.10 Å². The highest BCUT2D eigenvalue weighted by molar-refractivity contribution is 6.09. The third-order valence-corrected chi connectivity index (χ3v) is 4.39. The van der Waals surface area contributed by atoms with E-state index in [2.05, 4.69) is 20.7 Å². The van der Waals surface area contributed by atoms with E-state index in [1.54, 1.807) is 30.5 Å². The number of nitrogens with zero attached hydrogens (tertiary/aromatic N) is 3. The molecule has 3 aromatic rings. The van der Waals surface area contributed by atoms with Gasteiger partial charge in [-0.3, -0.25) is 9.59 Å². The highest BCUT2D eigenvalue weighted by Crippen LogP contribution is 2.23. The molecule has 0 spiro atoms. The van der Waals surface area contributed by atoms with Crippen molar-refractivity contribution in [2.75, 3.05) is 10.6 Å². The molecule has 0 aliphatic carbocycles. The first-order valence-electron chi connectivity index (χ1n) is 8.85. The first kappa shape index (κ1) is 18.6. The van der Waals surface area contributed by atoms with Crippen LogP contribution in [0, 0.1) is 27.7 Å². The topological polar surface area (TPSA) is 88.4 Å². The second kappa shape index (κ2) is 7.19. The maximum atomic E-state index is 12.9. The van der Waals surface area contributed by atoms with Gasteiger partial charge in [0, 0.05) is 29.2 Å². The van der Waals surface area contributed by atoms with Gasteiger partial charge in [-0.05, 0) is 51.5 Å². The van der Waals surface area contributed by atoms with Crippen molar-refractivity contribution in [1.29, 1.82) is 0 Å². The minimum Gasteiger partial charge on any atom is -0.326 e. The minimum atomic E-state index is -0.281. The Kier molecular flexibility index (Phi) is 4.94. The molecule has 0 aliphatic rings. The summed E-state index contributed by atoms with van der Waals surface area (Å²) < 4.78 is 1.68. The molecule has 0 unspecified atom stereocenters. The maximum Gasteiger partial charge on any atom is 0.261 e. The summed E-state index contributed by atoms with van der Waals surface area (Å²) in [6.07, 6.45) is 0.391. The molecule has 0 fully saturated rings. The fourth-order valence-corrected chi connectivity index (χ4v) is 2.96. The van der Waals surface area contributed by atoms with E-state index in [0.29, 0.717) is 34.7 Å². The number of aryl methyl sites for hydroxylation is 4. The van der Waals surface area contributed by atoms with Gasteiger partial charge in [0.15, 0.2) is 5.65 Å². The van der Waals surface area contributed by atoms with Crippen LogP contribution in [0.5, 0.6) is 0 Å². The standard InChI is InChI=1S/C20H23N5O2/c1-6-17(26)23-16-10-15(8-7-11(16)2)22-20(27)18-14(5)24-25-13(4)9-12(3)21-19(18)25/h7-10H,6H2,1-5H3,(H,22,27)(H,23,26). The number of benzene rings is 1. The van der Waals surface area contributed by atoms with Crippen LogP contribution in [-0.4, -0.2) is 26.4 Å². The minimum absolute atomic E-state index is 0.0739. The third kappa shape index (κ3) is 3.67. The lowest BCUT2D eigenvalue weighted by Gasteiger charge is -2.11. The Hall–Kier alpha value is -3.22. The summed E-state index contributed by atoms with van der Waals surface area (Å²) in [7, 11) is 0. The van der Waals surface area contributed by atoms with E-state index >= 15 is 0 Å². The van der Waals surface area contributed by atoms with E-state index in [1.807, 2.05) is 32.9 Å². The van der Waals surface area contributed by atoms with Crippen LogP contribution >= 0.6 is 0 Å². The van der Waals surface area contributed by atoms with E-state index in [1.165, 1.54) is 0 Å². The van der Waals surface area contributed by atoms with Crippen LogP contribution in [0.1, 0.15) is 46.3 Å². The van der Waals surface area contributed by atoms with Crippen molar-refractivity contribution in [3.05, 3.63) is 52.5 Å². The molecular formula is C20H23N5O2. The Morgan fingerprint density at radius 3 is 2.52 bits per heavy atom. The van der Waals surface area contributed by atoms with Crippen LogP contribution in [0.2, 0.25) is 0 Å². The maximum absolute atomic E-state index is 12.9. The number of rotatable bonds is 4. The Balaban J connectivity index is 1.94. The molecule has 2 amide bonds. The molecule has 0 bridgehead atoms. The first-order chi connectivity index (χ1) is 12.8. The zero-order valence-corrected chi connectivity index (χ0v) is 16.2. The SMILES string of the molecule is CCC(=O)Nc1cc(NC(=O)c2c(C)nn3c(C)cc(C)nc23)ccc1C.